The van der Waals surface area contributed by atoms with Crippen LogP contribution in [0.5, 0.6) is 0 Å². The van der Waals surface area contributed by atoms with Crippen LogP contribution in [-0.2, 0) is 12.0 Å². The minimum atomic E-state index is -0.0816. The predicted octanol–water partition coefficient (Wildman–Crippen LogP) is 7.13. The van der Waals surface area contributed by atoms with Gasteiger partial charge in [-0.1, -0.05) is 70.7 Å². The number of likely N-dealkylation sites (tertiary alicyclic amines) is 1. The molecule has 1 fully saturated rings. The third-order valence-electron chi connectivity index (χ3n) is 7.39. The van der Waals surface area contributed by atoms with E-state index in [1.165, 1.54) is 11.1 Å². The number of aryl methyl sites for hydroxylation is 1. The van der Waals surface area contributed by atoms with Gasteiger partial charge in [-0.2, -0.15) is 0 Å². The van der Waals surface area contributed by atoms with Crippen molar-refractivity contribution in [2.24, 2.45) is 0 Å². The molecule has 0 bridgehead atoms. The van der Waals surface area contributed by atoms with Gasteiger partial charge in [0.05, 0.1) is 10.0 Å². The van der Waals surface area contributed by atoms with Crippen LogP contribution >= 0.6 is 34.8 Å². The average Bonchev–Trinajstić information content (AvgIpc) is 3.19. The van der Waals surface area contributed by atoms with Crippen LogP contribution in [0.15, 0.2) is 60.8 Å². The van der Waals surface area contributed by atoms with E-state index in [9.17, 15) is 4.79 Å². The molecule has 2 aromatic carbocycles. The molecule has 0 atom stereocenters. The number of urea groups is 1. The Morgan fingerprint density at radius 3 is 2.62 bits per heavy atom. The first-order valence-corrected chi connectivity index (χ1v) is 13.6. The Morgan fingerprint density at radius 1 is 1.05 bits per heavy atom. The summed E-state index contributed by atoms with van der Waals surface area (Å²) in [5, 5.41) is 4.62. The van der Waals surface area contributed by atoms with Gasteiger partial charge in [-0.15, -0.1) is 0 Å². The third kappa shape index (κ3) is 5.80. The fourth-order valence-corrected chi connectivity index (χ4v) is 5.84. The van der Waals surface area contributed by atoms with Gasteiger partial charge in [-0.05, 0) is 79.9 Å². The van der Waals surface area contributed by atoms with Crippen molar-refractivity contribution in [3.05, 3.63) is 98.3 Å². The minimum absolute atomic E-state index is 0.0252. The van der Waals surface area contributed by atoms with Crippen molar-refractivity contribution in [3.8, 4) is 0 Å². The Labute approximate surface area is 233 Å². The zero-order valence-electron chi connectivity index (χ0n) is 20.7. The number of aromatic nitrogens is 1. The lowest BCUT2D eigenvalue weighted by atomic mass is 9.74. The molecule has 1 N–H and O–H groups in total. The standard InChI is InChI=1S/C29H29Cl3N4O/c1-20-4-7-26-23(15-20)29(19-36(26)28(37)34-18-22-8-11-33-27(32)17-22)9-13-35(14-10-29)12-2-3-21-5-6-24(30)25(31)16-21/h2-8,11,15-17H,9-10,12-14,18-19H2,1H3,(H,34,37)/b3-2+. The van der Waals surface area contributed by atoms with Crippen LogP contribution in [0.3, 0.4) is 0 Å². The molecule has 2 aliphatic rings. The number of benzene rings is 2. The molecular formula is C29H29Cl3N4O. The van der Waals surface area contributed by atoms with Crippen molar-refractivity contribution in [3.63, 3.8) is 0 Å². The van der Waals surface area contributed by atoms with E-state index in [1.807, 2.05) is 29.2 Å². The molecule has 5 nitrogen and oxygen atoms in total. The maximum atomic E-state index is 13.3. The molecule has 3 heterocycles. The Hall–Kier alpha value is -2.57. The molecule has 3 aromatic rings. The molecular weight excluding hydrogens is 527 g/mol. The Balaban J connectivity index is 1.24. The van der Waals surface area contributed by atoms with Crippen LogP contribution in [0.1, 0.15) is 35.1 Å². The van der Waals surface area contributed by atoms with Crippen LogP contribution in [-0.4, -0.2) is 42.1 Å². The third-order valence-corrected chi connectivity index (χ3v) is 8.33. The van der Waals surface area contributed by atoms with E-state index in [-0.39, 0.29) is 11.4 Å². The lowest BCUT2D eigenvalue weighted by Gasteiger charge is -2.39. The highest BCUT2D eigenvalue weighted by molar-refractivity contribution is 6.42. The number of carbonyl (C=O) groups is 1. The first-order chi connectivity index (χ1) is 17.8. The van der Waals surface area contributed by atoms with E-state index < -0.39 is 0 Å². The molecule has 0 saturated carbocycles. The molecule has 2 aliphatic heterocycles. The van der Waals surface area contributed by atoms with Crippen LogP contribution < -0.4 is 10.2 Å². The molecule has 1 spiro atoms. The summed E-state index contributed by atoms with van der Waals surface area (Å²) >= 11 is 18.2. The van der Waals surface area contributed by atoms with Crippen LogP contribution in [0.25, 0.3) is 6.08 Å². The summed E-state index contributed by atoms with van der Waals surface area (Å²) in [7, 11) is 0. The van der Waals surface area contributed by atoms with Gasteiger partial charge < -0.3 is 5.32 Å². The van der Waals surface area contributed by atoms with E-state index in [2.05, 4.69) is 52.5 Å². The topological polar surface area (TPSA) is 48.5 Å². The van der Waals surface area contributed by atoms with Gasteiger partial charge in [0.2, 0.25) is 0 Å². The Kier molecular flexibility index (Phi) is 7.77. The summed E-state index contributed by atoms with van der Waals surface area (Å²) in [6.45, 7) is 6.04. The fourth-order valence-electron chi connectivity index (χ4n) is 5.33. The number of carbonyl (C=O) groups excluding carboxylic acids is 1. The largest absolute Gasteiger partial charge is 0.334 e. The number of fused-ring (bicyclic) bond motifs is 2. The molecule has 0 unspecified atom stereocenters. The summed E-state index contributed by atoms with van der Waals surface area (Å²) in [5.41, 5.74) is 5.47. The lowest BCUT2D eigenvalue weighted by Crippen LogP contribution is -2.47. The van der Waals surface area contributed by atoms with E-state index in [0.29, 0.717) is 28.3 Å². The van der Waals surface area contributed by atoms with Gasteiger partial charge in [0.25, 0.3) is 0 Å². The van der Waals surface area contributed by atoms with Crippen molar-refractivity contribution in [2.75, 3.05) is 31.1 Å². The molecule has 2 amide bonds. The number of rotatable bonds is 5. The zero-order chi connectivity index (χ0) is 26.0. The van der Waals surface area contributed by atoms with Gasteiger partial charge in [0.15, 0.2) is 0 Å². The second kappa shape index (κ2) is 11.0. The number of anilines is 1. The first-order valence-electron chi connectivity index (χ1n) is 12.4. The quantitative estimate of drug-likeness (QED) is 0.341. The summed E-state index contributed by atoms with van der Waals surface area (Å²) in [6, 6.07) is 15.7. The van der Waals surface area contributed by atoms with Gasteiger partial charge in [0.1, 0.15) is 5.15 Å². The highest BCUT2D eigenvalue weighted by atomic mass is 35.5. The number of hydrogen-bond donors (Lipinski definition) is 1. The second-order valence-electron chi connectivity index (χ2n) is 9.91. The van der Waals surface area contributed by atoms with Crippen molar-refractivity contribution >= 4 is 52.6 Å². The van der Waals surface area contributed by atoms with Gasteiger partial charge in [0, 0.05) is 36.9 Å². The molecule has 5 rings (SSSR count). The smallest absolute Gasteiger partial charge is 0.322 e. The Morgan fingerprint density at radius 2 is 1.86 bits per heavy atom. The van der Waals surface area contributed by atoms with Gasteiger partial charge in [-0.3, -0.25) is 9.80 Å². The van der Waals surface area contributed by atoms with E-state index in [1.54, 1.807) is 12.3 Å². The highest BCUT2D eigenvalue weighted by Gasteiger charge is 2.46. The number of nitrogens with zero attached hydrogens (tertiary/aromatic N) is 3. The molecule has 37 heavy (non-hydrogen) atoms. The number of halogens is 3. The number of hydrogen-bond acceptors (Lipinski definition) is 3. The zero-order valence-corrected chi connectivity index (χ0v) is 23.0. The molecule has 0 radical (unpaired) electrons. The van der Waals surface area contributed by atoms with Crippen molar-refractivity contribution in [1.82, 2.24) is 15.2 Å². The Bertz CT molecular complexity index is 1330. The van der Waals surface area contributed by atoms with Crippen LogP contribution in [0, 0.1) is 6.92 Å². The fraction of sp³-hybridized carbons (Fsp3) is 0.310. The first kappa shape index (κ1) is 26.1. The second-order valence-corrected chi connectivity index (χ2v) is 11.1. The van der Waals surface area contributed by atoms with Crippen molar-refractivity contribution in [1.29, 1.82) is 0 Å². The number of nitrogens with one attached hydrogen (secondary N) is 1. The summed E-state index contributed by atoms with van der Waals surface area (Å²) in [4.78, 5) is 21.7. The number of pyridine rings is 1. The SMILES string of the molecule is Cc1ccc2c(c1)C1(CCN(C/C=C/c3ccc(Cl)c(Cl)c3)CC1)CN2C(=O)NCc1ccnc(Cl)c1. The predicted molar refractivity (Wildman–Crippen MR) is 153 cm³/mol. The molecule has 8 heteroatoms. The lowest BCUT2D eigenvalue weighted by molar-refractivity contribution is 0.180. The maximum absolute atomic E-state index is 13.3. The van der Waals surface area contributed by atoms with E-state index in [4.69, 9.17) is 34.8 Å². The summed E-state index contributed by atoms with van der Waals surface area (Å²) in [5.74, 6) is 0. The highest BCUT2D eigenvalue weighted by Crippen LogP contribution is 2.47. The number of piperidine rings is 1. The van der Waals surface area contributed by atoms with Crippen molar-refractivity contribution in [2.45, 2.75) is 31.7 Å². The van der Waals surface area contributed by atoms with Gasteiger partial charge in [-0.25, -0.2) is 9.78 Å². The molecule has 0 aliphatic carbocycles. The monoisotopic (exact) mass is 554 g/mol. The normalized spacial score (nSPS) is 16.9. The van der Waals surface area contributed by atoms with Crippen LogP contribution in [0.4, 0.5) is 10.5 Å². The molecule has 1 aromatic heterocycles. The molecule has 1 saturated heterocycles. The average molecular weight is 556 g/mol. The van der Waals surface area contributed by atoms with E-state index >= 15 is 0 Å². The van der Waals surface area contributed by atoms with Crippen LogP contribution in [0.2, 0.25) is 15.2 Å². The summed E-state index contributed by atoms with van der Waals surface area (Å²) < 4.78 is 0. The minimum Gasteiger partial charge on any atom is -0.334 e. The van der Waals surface area contributed by atoms with Gasteiger partial charge >= 0.3 is 6.03 Å². The van der Waals surface area contributed by atoms with Crippen molar-refractivity contribution < 1.29 is 4.79 Å². The number of amides is 2. The maximum Gasteiger partial charge on any atom is 0.322 e. The summed E-state index contributed by atoms with van der Waals surface area (Å²) in [6.07, 6.45) is 7.93. The van der Waals surface area contributed by atoms with E-state index in [0.717, 1.165) is 49.3 Å². The molecule has 192 valence electrons.